The first kappa shape index (κ1) is 57.2. The van der Waals surface area contributed by atoms with Gasteiger partial charge in [-0.15, -0.1) is 0 Å². The Morgan fingerprint density at radius 3 is 1.17 bits per heavy atom. The van der Waals surface area contributed by atoms with Crippen molar-refractivity contribution in [1.29, 1.82) is 0 Å². The van der Waals surface area contributed by atoms with Crippen LogP contribution >= 0.6 is 22.9 Å². The van der Waals surface area contributed by atoms with Crippen LogP contribution in [0.4, 0.5) is 9.59 Å². The molecule has 27 heteroatoms. The zero-order chi connectivity index (χ0) is 47.9. The summed E-state index contributed by atoms with van der Waals surface area (Å²) in [4.78, 5) is 71.0. The molecule has 2 rings (SSSR count). The van der Waals surface area contributed by atoms with Gasteiger partial charge in [0.25, 0.3) is 0 Å². The van der Waals surface area contributed by atoms with E-state index >= 15 is 0 Å². The lowest BCUT2D eigenvalue weighted by Crippen LogP contribution is -2.54. The number of carbonyl (C=O) groups is 5. The highest BCUT2D eigenvalue weighted by atomic mass is 127. The Morgan fingerprint density at radius 2 is 0.797 bits per heavy atom. The quantitative estimate of drug-likeness (QED) is 0.0377. The van der Waals surface area contributed by atoms with E-state index < -0.39 is 73.3 Å². The van der Waals surface area contributed by atoms with Crippen LogP contribution in [0, 0.1) is 0 Å². The molecule has 2 saturated heterocycles. The maximum Gasteiger partial charge on any atom is 0.407 e. The van der Waals surface area contributed by atoms with Crippen molar-refractivity contribution in [2.75, 3.05) is 171 Å². The number of hydrogen-bond donors (Lipinski definition) is 11. The van der Waals surface area contributed by atoms with Gasteiger partial charge in [0, 0.05) is 167 Å². The molecule has 6 unspecified atom stereocenters. The lowest BCUT2D eigenvalue weighted by atomic mass is 10.0. The van der Waals surface area contributed by atoms with E-state index in [-0.39, 0.29) is 138 Å². The molecule has 0 aromatic carbocycles. The lowest BCUT2D eigenvalue weighted by Gasteiger charge is -2.36. The van der Waals surface area contributed by atoms with Crippen molar-refractivity contribution in [3.63, 3.8) is 0 Å². The van der Waals surface area contributed by atoms with Crippen LogP contribution in [-0.2, 0) is 19.1 Å². The second-order valence-electron chi connectivity index (χ2n) is 16.2. The Morgan fingerprint density at radius 1 is 0.484 bits per heavy atom. The number of halogens is 1. The van der Waals surface area contributed by atoms with Crippen molar-refractivity contribution in [3.05, 3.63) is 0 Å². The molecule has 0 aromatic rings. The van der Waals surface area contributed by atoms with E-state index in [9.17, 15) is 80.1 Å². The third-order valence-corrected chi connectivity index (χ3v) is 11.9. The van der Waals surface area contributed by atoms with E-state index in [0.717, 1.165) is 4.90 Å². The molecular weight excluding hydrogens is 969 g/mol. The van der Waals surface area contributed by atoms with Gasteiger partial charge in [0.05, 0.1) is 44.6 Å². The maximum absolute atomic E-state index is 12.2. The summed E-state index contributed by atoms with van der Waals surface area (Å²) >= 11 is 2.08. The summed E-state index contributed by atoms with van der Waals surface area (Å²) < 4.78 is 6.74. The second kappa shape index (κ2) is 30.4. The first-order valence-electron chi connectivity index (χ1n) is 21.1. The zero-order valence-electron chi connectivity index (χ0n) is 36.4. The Bertz CT molecular complexity index is 1420. The summed E-state index contributed by atoms with van der Waals surface area (Å²) in [6.45, 7) is 0.586. The summed E-state index contributed by atoms with van der Waals surface area (Å²) in [7, 11) is 1.27. The van der Waals surface area contributed by atoms with Crippen LogP contribution < -0.4 is 0 Å². The largest absolute Gasteiger partial charge is 0.480 e. The van der Waals surface area contributed by atoms with Crippen LogP contribution in [0.3, 0.4) is 0 Å². The van der Waals surface area contributed by atoms with Crippen LogP contribution in [0.5, 0.6) is 0 Å². The number of β-amino-alcohol motifs (C(OH)–C–C–N with tert-alkyl or cyclic N) is 2. The van der Waals surface area contributed by atoms with Gasteiger partial charge in [-0.05, 0) is 0 Å². The molecule has 0 radical (unpaired) electrons. The van der Waals surface area contributed by atoms with Crippen molar-refractivity contribution in [2.45, 2.75) is 36.6 Å². The van der Waals surface area contributed by atoms with E-state index in [4.69, 9.17) is 4.74 Å². The molecule has 0 spiro atoms. The van der Waals surface area contributed by atoms with E-state index in [2.05, 4.69) is 22.9 Å². The highest BCUT2D eigenvalue weighted by Crippen LogP contribution is 2.12. The molecule has 2 aliphatic heterocycles. The smallest absolute Gasteiger partial charge is 0.407 e. The third kappa shape index (κ3) is 23.5. The molecule has 372 valence electrons. The highest BCUT2D eigenvalue weighted by Gasteiger charge is 2.33. The van der Waals surface area contributed by atoms with Gasteiger partial charge < -0.3 is 70.7 Å². The Labute approximate surface area is 386 Å². The molecule has 0 aromatic heterocycles. The van der Waals surface area contributed by atoms with Crippen LogP contribution in [0.15, 0.2) is 0 Å². The number of methoxy groups -OCH3 is 1. The number of aliphatic hydroxyl groups excluding tert-OH is 6. The number of nitrogens with zero attached hydrogens (tertiary/aromatic N) is 9. The minimum absolute atomic E-state index is 0.0352. The molecule has 6 atom stereocenters. The van der Waals surface area contributed by atoms with Gasteiger partial charge in [-0.2, -0.15) is 0 Å². The monoisotopic (exact) mass is 1040 g/mol. The standard InChI is InChI=1S/C37H70IN9O17/c1-64-26-30(51)35(59)34(58)29(50)22-44(21-28(49)19-40-3-5-42(24-32(54)55)10-14-46(37(62)63)15-17-47(38)16-11-40)20-27(48)18-39-2-4-41(23-31(52)53)6-7-43(25-33(56)57)9-13-45(12-8-39)36(60)61/h27-30,34-35,48-51,58-59H,2-26H2,1H3,(H,52,53)(H,54,55)(H,56,57)(H,60,61)(H,62,63). The van der Waals surface area contributed by atoms with Crippen molar-refractivity contribution in [2.24, 2.45) is 0 Å². The van der Waals surface area contributed by atoms with E-state index in [1.165, 1.54) is 21.8 Å². The zero-order valence-corrected chi connectivity index (χ0v) is 38.6. The number of aliphatic hydroxyl groups is 6. The number of carboxylic acid groups (broad SMARTS) is 5. The summed E-state index contributed by atoms with van der Waals surface area (Å²) in [6.07, 6.45) is -11.7. The lowest BCUT2D eigenvalue weighted by molar-refractivity contribution is -0.140. The van der Waals surface area contributed by atoms with Crippen LogP contribution in [0.25, 0.3) is 0 Å². The SMILES string of the molecule is COCC(O)C(O)C(O)C(O)CN(CC(O)CN1CCN(I)CCN(C(=O)O)CCN(CC(=O)O)CC1)CC(O)CN1CCN(CC(=O)O)CCN(CC(=O)O)CCN(C(=O)O)CC1. The molecule has 2 aliphatic rings. The predicted octanol–water partition coefficient (Wildman–Crippen LogP) is -5.50. The molecule has 0 bridgehead atoms. The highest BCUT2D eigenvalue weighted by molar-refractivity contribution is 14.1. The van der Waals surface area contributed by atoms with Gasteiger partial charge in [0.2, 0.25) is 0 Å². The van der Waals surface area contributed by atoms with Crippen LogP contribution in [-0.4, -0.2) is 336 Å². The Balaban J connectivity index is 2.32. The minimum atomic E-state index is -1.88. The predicted molar refractivity (Wildman–Crippen MR) is 234 cm³/mol. The molecule has 0 saturated carbocycles. The van der Waals surface area contributed by atoms with E-state index in [1.54, 1.807) is 14.7 Å². The summed E-state index contributed by atoms with van der Waals surface area (Å²) in [5.41, 5.74) is 0. The molecule has 11 N–H and O–H groups in total. The van der Waals surface area contributed by atoms with Gasteiger partial charge in [-0.1, -0.05) is 0 Å². The van der Waals surface area contributed by atoms with Crippen molar-refractivity contribution in [1.82, 2.24) is 42.3 Å². The van der Waals surface area contributed by atoms with Gasteiger partial charge in [0.15, 0.2) is 0 Å². The van der Waals surface area contributed by atoms with E-state index in [1.807, 2.05) is 8.01 Å². The molecule has 0 aliphatic carbocycles. The summed E-state index contributed by atoms with van der Waals surface area (Å²) in [6, 6.07) is 0. The average molecular weight is 1040 g/mol. The number of rotatable bonds is 21. The second-order valence-corrected chi connectivity index (χ2v) is 17.5. The molecule has 2 heterocycles. The van der Waals surface area contributed by atoms with Crippen LogP contribution in [0.1, 0.15) is 0 Å². The summed E-state index contributed by atoms with van der Waals surface area (Å²) in [5, 5.41) is 114. The number of ether oxygens (including phenoxy) is 1. The molecule has 2 fully saturated rings. The maximum atomic E-state index is 12.2. The first-order valence-corrected chi connectivity index (χ1v) is 22.1. The fourth-order valence-electron chi connectivity index (χ4n) is 7.43. The van der Waals surface area contributed by atoms with Gasteiger partial charge in [0.1, 0.15) is 18.3 Å². The average Bonchev–Trinajstić information content (AvgIpc) is 3.19. The fourth-order valence-corrected chi connectivity index (χ4v) is 7.86. The topological polar surface area (TPSA) is 346 Å². The number of amides is 2. The van der Waals surface area contributed by atoms with Crippen LogP contribution in [0.2, 0.25) is 0 Å². The third-order valence-electron chi connectivity index (χ3n) is 10.9. The number of carboxylic acids is 3. The number of aliphatic carboxylic acids is 3. The first-order chi connectivity index (χ1) is 30.2. The van der Waals surface area contributed by atoms with Crippen molar-refractivity contribution < 1.29 is 84.9 Å². The molecule has 64 heavy (non-hydrogen) atoms. The fraction of sp³-hybridized carbons (Fsp3) is 0.865. The Kier molecular flexibility index (Phi) is 27.2. The van der Waals surface area contributed by atoms with Gasteiger partial charge >= 0.3 is 30.1 Å². The van der Waals surface area contributed by atoms with Gasteiger partial charge in [-0.25, -0.2) is 12.7 Å². The van der Waals surface area contributed by atoms with Crippen molar-refractivity contribution in [3.8, 4) is 0 Å². The molecule has 2 amide bonds. The normalized spacial score (nSPS) is 21.6. The molecular formula is C37H70IN9O17. The van der Waals surface area contributed by atoms with Gasteiger partial charge in [-0.3, -0.25) is 43.8 Å². The molecule has 26 nitrogen and oxygen atoms in total. The minimum Gasteiger partial charge on any atom is -0.480 e. The van der Waals surface area contributed by atoms with E-state index in [0.29, 0.717) is 19.6 Å². The Hall–Kier alpha value is -2.88. The van der Waals surface area contributed by atoms with Crippen molar-refractivity contribution >= 4 is 53.0 Å². The summed E-state index contributed by atoms with van der Waals surface area (Å²) in [5.74, 6) is -3.33. The number of hydrogen-bond acceptors (Lipinski definition) is 19.